The first kappa shape index (κ1) is 10.9. The van der Waals surface area contributed by atoms with Crippen LogP contribution in [-0.2, 0) is 4.79 Å². The molecule has 2 heterocycles. The van der Waals surface area contributed by atoms with Gasteiger partial charge in [-0.2, -0.15) is 0 Å². The van der Waals surface area contributed by atoms with E-state index in [0.29, 0.717) is 6.04 Å². The Morgan fingerprint density at radius 2 is 2.47 bits per heavy atom. The molecule has 2 rings (SSSR count). The maximum absolute atomic E-state index is 11.5. The van der Waals surface area contributed by atoms with Gasteiger partial charge in [-0.25, -0.2) is 0 Å². The van der Waals surface area contributed by atoms with Crippen molar-refractivity contribution in [3.05, 3.63) is 0 Å². The third kappa shape index (κ3) is 2.32. The monoisotopic (exact) mass is 211 g/mol. The molecule has 0 bridgehead atoms. The van der Waals surface area contributed by atoms with Gasteiger partial charge in [-0.1, -0.05) is 0 Å². The van der Waals surface area contributed by atoms with Gasteiger partial charge >= 0.3 is 0 Å². The summed E-state index contributed by atoms with van der Waals surface area (Å²) in [7, 11) is 1.99. The van der Waals surface area contributed by atoms with E-state index in [4.69, 9.17) is 0 Å². The number of fused-ring (bicyclic) bond motifs is 1. The van der Waals surface area contributed by atoms with Crippen LogP contribution in [0.2, 0.25) is 0 Å². The summed E-state index contributed by atoms with van der Waals surface area (Å²) in [6, 6.07) is 0.475. The second kappa shape index (κ2) is 4.94. The van der Waals surface area contributed by atoms with Crippen LogP contribution in [0.4, 0.5) is 0 Å². The Bertz CT molecular complexity index is 232. The van der Waals surface area contributed by atoms with Gasteiger partial charge in [0, 0.05) is 12.6 Å². The van der Waals surface area contributed by atoms with Crippen molar-refractivity contribution < 1.29 is 4.79 Å². The van der Waals surface area contributed by atoms with Gasteiger partial charge in [0.05, 0.1) is 5.92 Å². The van der Waals surface area contributed by atoms with Crippen molar-refractivity contribution in [2.45, 2.75) is 25.3 Å². The first-order chi connectivity index (χ1) is 7.33. The van der Waals surface area contributed by atoms with Crippen molar-refractivity contribution in [3.8, 4) is 0 Å². The quantitative estimate of drug-likeness (QED) is 0.633. The van der Waals surface area contributed by atoms with Crippen LogP contribution in [0.3, 0.4) is 0 Å². The molecule has 4 heteroatoms. The minimum Gasteiger partial charge on any atom is -0.354 e. The molecule has 0 saturated carbocycles. The number of nitrogens with one attached hydrogen (secondary N) is 2. The Kier molecular flexibility index (Phi) is 3.59. The molecule has 0 aromatic rings. The van der Waals surface area contributed by atoms with Crippen molar-refractivity contribution in [3.63, 3.8) is 0 Å². The highest BCUT2D eigenvalue weighted by atomic mass is 16.2. The summed E-state index contributed by atoms with van der Waals surface area (Å²) in [5.74, 6) is 0.548. The van der Waals surface area contributed by atoms with Crippen molar-refractivity contribution in [2.75, 3.05) is 33.2 Å². The third-order valence-corrected chi connectivity index (χ3v) is 3.59. The van der Waals surface area contributed by atoms with E-state index < -0.39 is 0 Å². The molecule has 1 amide bonds. The minimum absolute atomic E-state index is 0.272. The summed E-state index contributed by atoms with van der Waals surface area (Å²) in [4.78, 5) is 14.0. The van der Waals surface area contributed by atoms with Crippen LogP contribution in [0, 0.1) is 5.92 Å². The molecule has 2 aliphatic rings. The number of carbonyl (C=O) groups is 1. The van der Waals surface area contributed by atoms with E-state index >= 15 is 0 Å². The van der Waals surface area contributed by atoms with E-state index in [9.17, 15) is 4.79 Å². The number of nitrogens with zero attached hydrogens (tertiary/aromatic N) is 1. The smallest absolute Gasteiger partial charge is 0.224 e. The third-order valence-electron chi connectivity index (χ3n) is 3.59. The van der Waals surface area contributed by atoms with Gasteiger partial charge in [0.25, 0.3) is 0 Å². The molecule has 0 aliphatic carbocycles. The summed E-state index contributed by atoms with van der Waals surface area (Å²) in [6.07, 6.45) is 3.43. The van der Waals surface area contributed by atoms with Crippen molar-refractivity contribution >= 4 is 5.91 Å². The molecule has 0 aromatic carbocycles. The Morgan fingerprint density at radius 3 is 3.27 bits per heavy atom. The van der Waals surface area contributed by atoms with E-state index in [1.165, 1.54) is 19.4 Å². The second-order valence-corrected chi connectivity index (χ2v) is 4.55. The summed E-state index contributed by atoms with van der Waals surface area (Å²) in [5.41, 5.74) is 0. The Hall–Kier alpha value is -0.610. The maximum atomic E-state index is 11.5. The number of piperidine rings is 1. The number of rotatable bonds is 4. The highest BCUT2D eigenvalue weighted by Gasteiger charge is 2.40. The maximum Gasteiger partial charge on any atom is 0.224 e. The molecule has 2 fully saturated rings. The fraction of sp³-hybridized carbons (Fsp3) is 0.909. The van der Waals surface area contributed by atoms with E-state index in [2.05, 4.69) is 15.5 Å². The Balaban J connectivity index is 1.86. The van der Waals surface area contributed by atoms with Crippen LogP contribution in [0.1, 0.15) is 19.3 Å². The molecule has 4 nitrogen and oxygen atoms in total. The first-order valence-electron chi connectivity index (χ1n) is 5.99. The molecule has 2 aliphatic heterocycles. The summed E-state index contributed by atoms with van der Waals surface area (Å²) >= 11 is 0. The van der Waals surface area contributed by atoms with E-state index in [0.717, 1.165) is 26.1 Å². The lowest BCUT2D eigenvalue weighted by Crippen LogP contribution is -2.46. The van der Waals surface area contributed by atoms with Gasteiger partial charge in [0.15, 0.2) is 0 Å². The van der Waals surface area contributed by atoms with Gasteiger partial charge in [-0.3, -0.25) is 9.69 Å². The van der Waals surface area contributed by atoms with Gasteiger partial charge in [0.2, 0.25) is 5.91 Å². The van der Waals surface area contributed by atoms with Crippen LogP contribution in [-0.4, -0.2) is 50.1 Å². The Morgan fingerprint density at radius 1 is 1.60 bits per heavy atom. The van der Waals surface area contributed by atoms with Crippen molar-refractivity contribution in [1.29, 1.82) is 0 Å². The normalized spacial score (nSPS) is 31.4. The van der Waals surface area contributed by atoms with Gasteiger partial charge in [-0.15, -0.1) is 0 Å². The van der Waals surface area contributed by atoms with Crippen molar-refractivity contribution in [2.24, 2.45) is 5.92 Å². The lowest BCUT2D eigenvalue weighted by atomic mass is 9.91. The Labute approximate surface area is 91.4 Å². The highest BCUT2D eigenvalue weighted by molar-refractivity contribution is 5.82. The van der Waals surface area contributed by atoms with E-state index in [1.807, 2.05) is 7.05 Å². The lowest BCUT2D eigenvalue weighted by Gasteiger charge is -2.35. The van der Waals surface area contributed by atoms with Crippen LogP contribution >= 0.6 is 0 Å². The molecule has 86 valence electrons. The van der Waals surface area contributed by atoms with Crippen LogP contribution in [0.5, 0.6) is 0 Å². The van der Waals surface area contributed by atoms with Crippen LogP contribution in [0.15, 0.2) is 0 Å². The number of hydrogen-bond acceptors (Lipinski definition) is 3. The lowest BCUT2D eigenvalue weighted by molar-refractivity contribution is -0.124. The molecule has 2 unspecified atom stereocenters. The van der Waals surface area contributed by atoms with Crippen LogP contribution in [0.25, 0.3) is 0 Å². The first-order valence-corrected chi connectivity index (χ1v) is 5.99. The fourth-order valence-electron chi connectivity index (χ4n) is 2.78. The zero-order valence-electron chi connectivity index (χ0n) is 9.46. The zero-order chi connectivity index (χ0) is 10.7. The molecule has 2 atom stereocenters. The molecule has 0 radical (unpaired) electrons. The number of likely N-dealkylation sites (tertiary alicyclic amines) is 1. The predicted molar refractivity (Wildman–Crippen MR) is 59.6 cm³/mol. The largest absolute Gasteiger partial charge is 0.354 e. The van der Waals surface area contributed by atoms with Gasteiger partial charge < -0.3 is 10.6 Å². The average molecular weight is 211 g/mol. The molecular weight excluding hydrogens is 190 g/mol. The average Bonchev–Trinajstić information content (AvgIpc) is 2.62. The summed E-state index contributed by atoms with van der Waals surface area (Å²) in [6.45, 7) is 4.22. The zero-order valence-corrected chi connectivity index (χ0v) is 9.46. The highest BCUT2D eigenvalue weighted by Crippen LogP contribution is 2.27. The number of carbonyl (C=O) groups excluding carboxylic acids is 1. The van der Waals surface area contributed by atoms with E-state index in [-0.39, 0.29) is 11.8 Å². The van der Waals surface area contributed by atoms with Crippen molar-refractivity contribution in [1.82, 2.24) is 15.5 Å². The topological polar surface area (TPSA) is 44.4 Å². The number of amides is 1. The molecular formula is C11H21N3O. The van der Waals surface area contributed by atoms with Crippen LogP contribution < -0.4 is 10.6 Å². The molecule has 2 N–H and O–H groups in total. The molecule has 2 saturated heterocycles. The molecule has 15 heavy (non-hydrogen) atoms. The van der Waals surface area contributed by atoms with Gasteiger partial charge in [-0.05, 0) is 45.9 Å². The SMILES string of the molecule is CNCCCN1CCCC2C(=O)NCC21. The minimum atomic E-state index is 0.272. The molecule has 0 spiro atoms. The van der Waals surface area contributed by atoms with E-state index in [1.54, 1.807) is 0 Å². The summed E-state index contributed by atoms with van der Waals surface area (Å²) in [5, 5.41) is 6.15. The second-order valence-electron chi connectivity index (χ2n) is 4.55. The molecule has 0 aromatic heterocycles. The standard InChI is InChI=1S/C11H21N3O/c1-12-5-3-7-14-6-2-4-9-10(14)8-13-11(9)15/h9-10,12H,2-8H2,1H3,(H,13,15). The number of hydrogen-bond donors (Lipinski definition) is 2. The fourth-order valence-corrected chi connectivity index (χ4v) is 2.78. The predicted octanol–water partition coefficient (Wildman–Crippen LogP) is -0.194. The van der Waals surface area contributed by atoms with Gasteiger partial charge in [0.1, 0.15) is 0 Å². The summed E-state index contributed by atoms with van der Waals surface area (Å²) < 4.78 is 0.